The monoisotopic (exact) mass is 241 g/mol. The summed E-state index contributed by atoms with van der Waals surface area (Å²) < 4.78 is 0. The Morgan fingerprint density at radius 1 is 1.17 bits per heavy atom. The van der Waals surface area contributed by atoms with Gasteiger partial charge in [0.2, 0.25) is 0 Å². The fraction of sp³-hybridized carbons (Fsp3) is 0.353. The highest BCUT2D eigenvalue weighted by atomic mass is 14.8. The van der Waals surface area contributed by atoms with E-state index >= 15 is 0 Å². The molecule has 1 aromatic carbocycles. The fourth-order valence-electron chi connectivity index (χ4n) is 1.94. The molecule has 1 heteroatoms. The van der Waals surface area contributed by atoms with Crippen LogP contribution in [-0.2, 0) is 0 Å². The molecule has 1 aliphatic rings. The number of aryl methyl sites for hydroxylation is 1. The Labute approximate surface area is 111 Å². The zero-order valence-electron chi connectivity index (χ0n) is 12.2. The van der Waals surface area contributed by atoms with Crippen molar-refractivity contribution >= 4 is 17.5 Å². The number of rotatable bonds is 1. The van der Waals surface area contributed by atoms with Crippen LogP contribution < -0.4 is 0 Å². The molecule has 0 spiro atoms. The van der Waals surface area contributed by atoms with Gasteiger partial charge in [0.05, 0.1) is 5.70 Å². The lowest BCUT2D eigenvalue weighted by molar-refractivity contribution is 1.09. The van der Waals surface area contributed by atoms with Crippen molar-refractivity contribution in [2.75, 3.05) is 0 Å². The van der Waals surface area contributed by atoms with Gasteiger partial charge in [-0.25, -0.2) is 0 Å². The predicted molar refractivity (Wildman–Crippen MR) is 83.1 cm³/mol. The first-order valence-corrected chi connectivity index (χ1v) is 6.57. The Kier molecular flexibility index (Phi) is 5.08. The third kappa shape index (κ3) is 2.98. The van der Waals surface area contributed by atoms with Crippen LogP contribution in [0.4, 0.5) is 0 Å². The topological polar surface area (TPSA) is 12.4 Å². The molecule has 0 N–H and O–H groups in total. The van der Waals surface area contributed by atoms with Crippen LogP contribution in [0.1, 0.15) is 56.4 Å². The van der Waals surface area contributed by atoms with E-state index in [9.17, 15) is 0 Å². The molecule has 0 aromatic heterocycles. The predicted octanol–water partition coefficient (Wildman–Crippen LogP) is 5.24. The molecule has 18 heavy (non-hydrogen) atoms. The lowest BCUT2D eigenvalue weighted by atomic mass is 9.97. The molecule has 1 heterocycles. The molecule has 2 rings (SSSR count). The molecule has 0 saturated carbocycles. The largest absolute Gasteiger partial charge is 0.253 e. The van der Waals surface area contributed by atoms with Crippen molar-refractivity contribution in [1.82, 2.24) is 0 Å². The third-order valence-electron chi connectivity index (χ3n) is 2.76. The van der Waals surface area contributed by atoms with E-state index in [4.69, 9.17) is 0 Å². The summed E-state index contributed by atoms with van der Waals surface area (Å²) in [5.41, 5.74) is 6.90. The molecule has 0 radical (unpaired) electrons. The van der Waals surface area contributed by atoms with Crippen molar-refractivity contribution in [3.8, 4) is 0 Å². The van der Waals surface area contributed by atoms with Crippen molar-refractivity contribution in [3.05, 3.63) is 47.0 Å². The number of nitrogens with zero attached hydrogens (tertiary/aromatic N) is 1. The number of hydrogen-bond acceptors (Lipinski definition) is 1. The number of benzene rings is 1. The summed E-state index contributed by atoms with van der Waals surface area (Å²) in [5.74, 6) is 0. The molecule has 0 unspecified atom stereocenters. The molecule has 0 aliphatic carbocycles. The lowest BCUT2D eigenvalue weighted by Crippen LogP contribution is -1.94. The van der Waals surface area contributed by atoms with E-state index < -0.39 is 0 Å². The second-order valence-corrected chi connectivity index (χ2v) is 4.61. The van der Waals surface area contributed by atoms with Crippen LogP contribution in [0.3, 0.4) is 0 Å². The van der Waals surface area contributed by atoms with Gasteiger partial charge >= 0.3 is 0 Å². The number of fused-ring (bicyclic) bond motifs is 1. The summed E-state index contributed by atoms with van der Waals surface area (Å²) >= 11 is 0. The molecular weight excluding hydrogens is 218 g/mol. The average Bonchev–Trinajstić information content (AvgIpc) is 2.57. The van der Waals surface area contributed by atoms with Crippen LogP contribution in [0.25, 0.3) is 11.8 Å². The Bertz CT molecular complexity index is 505. The van der Waals surface area contributed by atoms with Gasteiger partial charge in [-0.2, -0.15) is 0 Å². The summed E-state index contributed by atoms with van der Waals surface area (Å²) in [4.78, 5) is 4.40. The molecule has 96 valence electrons. The zero-order valence-corrected chi connectivity index (χ0v) is 12.2. The summed E-state index contributed by atoms with van der Waals surface area (Å²) in [6, 6.07) is 4.37. The molecule has 1 aliphatic heterocycles. The summed E-state index contributed by atoms with van der Waals surface area (Å²) in [6.07, 6.45) is 5.44. The maximum absolute atomic E-state index is 4.40. The molecule has 0 fully saturated rings. The molecule has 0 saturated heterocycles. The Morgan fingerprint density at radius 3 is 2.33 bits per heavy atom. The Morgan fingerprint density at radius 2 is 1.78 bits per heavy atom. The van der Waals surface area contributed by atoms with E-state index in [1.54, 1.807) is 0 Å². The van der Waals surface area contributed by atoms with Crippen molar-refractivity contribution in [2.24, 2.45) is 4.99 Å². The smallest absolute Gasteiger partial charge is 0.0640 e. The van der Waals surface area contributed by atoms with Crippen LogP contribution in [0.5, 0.6) is 0 Å². The van der Waals surface area contributed by atoms with Crippen molar-refractivity contribution in [2.45, 2.75) is 41.0 Å². The van der Waals surface area contributed by atoms with E-state index in [2.05, 4.69) is 56.6 Å². The van der Waals surface area contributed by atoms with E-state index in [1.165, 1.54) is 28.7 Å². The van der Waals surface area contributed by atoms with Crippen molar-refractivity contribution in [3.63, 3.8) is 0 Å². The quantitative estimate of drug-likeness (QED) is 0.637. The molecule has 1 aromatic rings. The minimum absolute atomic E-state index is 0.887. The van der Waals surface area contributed by atoms with Gasteiger partial charge in [0.1, 0.15) is 0 Å². The van der Waals surface area contributed by atoms with Crippen molar-refractivity contribution < 1.29 is 0 Å². The van der Waals surface area contributed by atoms with Gasteiger partial charge in [-0.1, -0.05) is 39.0 Å². The molecular formula is C17H23N. The van der Waals surface area contributed by atoms with E-state index in [1.807, 2.05) is 13.8 Å². The number of aliphatic imine (C=N–C) groups is 1. The second-order valence-electron chi connectivity index (χ2n) is 4.61. The molecule has 0 atom stereocenters. The number of allylic oxidation sites excluding steroid dienone is 1. The normalized spacial score (nSPS) is 13.2. The molecule has 1 nitrogen and oxygen atoms in total. The highest BCUT2D eigenvalue weighted by Gasteiger charge is 2.16. The lowest BCUT2D eigenvalue weighted by Gasteiger charge is -2.06. The fourth-order valence-corrected chi connectivity index (χ4v) is 1.94. The standard InChI is InChI=1S/C14H15N.C3H8/c1-5-6-12-8-14-11(4)15-10(3)13(14)7-9(12)2;1-3-2/h5-8H,3H2,1-2,4H3;3H2,1-2H3/b6-5-;. The van der Waals surface area contributed by atoms with E-state index in [0.29, 0.717) is 0 Å². The molecule has 0 amide bonds. The SMILES string of the molecule is C=C1N=C(C)c2cc(/C=C\C)c(C)cc21.CCC. The highest BCUT2D eigenvalue weighted by Crippen LogP contribution is 2.30. The van der Waals surface area contributed by atoms with Crippen LogP contribution in [0.2, 0.25) is 0 Å². The van der Waals surface area contributed by atoms with Gasteiger partial charge in [0.25, 0.3) is 0 Å². The van der Waals surface area contributed by atoms with E-state index in [0.717, 1.165) is 11.4 Å². The average molecular weight is 241 g/mol. The van der Waals surface area contributed by atoms with Crippen LogP contribution in [0, 0.1) is 6.92 Å². The van der Waals surface area contributed by atoms with Gasteiger partial charge in [-0.15, -0.1) is 0 Å². The van der Waals surface area contributed by atoms with Crippen molar-refractivity contribution in [1.29, 1.82) is 0 Å². The van der Waals surface area contributed by atoms with Crippen LogP contribution in [-0.4, -0.2) is 5.71 Å². The summed E-state index contributed by atoms with van der Waals surface area (Å²) in [7, 11) is 0. The van der Waals surface area contributed by atoms with E-state index in [-0.39, 0.29) is 0 Å². The van der Waals surface area contributed by atoms with Crippen LogP contribution in [0.15, 0.2) is 29.8 Å². The second kappa shape index (κ2) is 6.34. The minimum atomic E-state index is 0.887. The first-order chi connectivity index (χ1) is 8.54. The van der Waals surface area contributed by atoms with Gasteiger partial charge in [-0.05, 0) is 44.0 Å². The van der Waals surface area contributed by atoms with Gasteiger partial charge in [-0.3, -0.25) is 4.99 Å². The first-order valence-electron chi connectivity index (χ1n) is 6.57. The summed E-state index contributed by atoms with van der Waals surface area (Å²) in [5, 5.41) is 0. The van der Waals surface area contributed by atoms with Gasteiger partial charge < -0.3 is 0 Å². The zero-order chi connectivity index (χ0) is 13.7. The first kappa shape index (κ1) is 14.4. The van der Waals surface area contributed by atoms with Gasteiger partial charge in [0, 0.05) is 16.8 Å². The maximum atomic E-state index is 4.40. The Hall–Kier alpha value is -1.63. The Balaban J connectivity index is 0.000000492. The minimum Gasteiger partial charge on any atom is -0.253 e. The third-order valence-corrected chi connectivity index (χ3v) is 2.76. The molecule has 0 bridgehead atoms. The van der Waals surface area contributed by atoms with Gasteiger partial charge in [0.15, 0.2) is 0 Å². The maximum Gasteiger partial charge on any atom is 0.0640 e. The number of hydrogen-bond donors (Lipinski definition) is 0. The highest BCUT2D eigenvalue weighted by molar-refractivity contribution is 6.10. The van der Waals surface area contributed by atoms with Crippen LogP contribution >= 0.6 is 0 Å². The summed E-state index contributed by atoms with van der Waals surface area (Å²) in [6.45, 7) is 14.4.